The lowest BCUT2D eigenvalue weighted by molar-refractivity contribution is 0.140. The van der Waals surface area contributed by atoms with Gasteiger partial charge in [-0.2, -0.15) is 0 Å². The molecule has 1 aliphatic heterocycles. The molecule has 1 heterocycles. The van der Waals surface area contributed by atoms with Crippen LogP contribution >= 0.6 is 24.0 Å². The second kappa shape index (κ2) is 11.4. The minimum Gasteiger partial charge on any atom is -0.356 e. The summed E-state index contributed by atoms with van der Waals surface area (Å²) in [5.41, 5.74) is 0. The first-order valence-corrected chi connectivity index (χ1v) is 7.43. The molecule has 4 nitrogen and oxygen atoms in total. The Morgan fingerprint density at radius 2 is 1.95 bits per heavy atom. The maximum absolute atomic E-state index is 4.17. The van der Waals surface area contributed by atoms with Gasteiger partial charge in [0.1, 0.15) is 0 Å². The molecule has 2 N–H and O–H groups in total. The summed E-state index contributed by atoms with van der Waals surface area (Å²) in [5, 5.41) is 6.51. The van der Waals surface area contributed by atoms with E-state index in [1.807, 2.05) is 6.08 Å². The van der Waals surface area contributed by atoms with E-state index in [4.69, 9.17) is 0 Å². The van der Waals surface area contributed by atoms with E-state index in [2.05, 4.69) is 41.0 Å². The lowest BCUT2D eigenvalue weighted by Gasteiger charge is -2.35. The van der Waals surface area contributed by atoms with Gasteiger partial charge < -0.3 is 15.5 Å². The number of guanidine groups is 1. The molecule has 0 amide bonds. The number of likely N-dealkylation sites (tertiary alicyclic amines) is 1. The van der Waals surface area contributed by atoms with E-state index in [0.717, 1.165) is 37.3 Å². The number of halogens is 1. The molecule has 0 saturated carbocycles. The van der Waals surface area contributed by atoms with E-state index in [9.17, 15) is 0 Å². The van der Waals surface area contributed by atoms with Crippen LogP contribution in [-0.4, -0.2) is 50.6 Å². The molecule has 0 spiro atoms. The number of aliphatic imine (C=N–C) groups is 1. The summed E-state index contributed by atoms with van der Waals surface area (Å²) < 4.78 is 0. The van der Waals surface area contributed by atoms with Gasteiger partial charge in [0.25, 0.3) is 0 Å². The van der Waals surface area contributed by atoms with Crippen molar-refractivity contribution in [3.8, 4) is 0 Å². The van der Waals surface area contributed by atoms with Crippen LogP contribution in [0.15, 0.2) is 17.6 Å². The lowest BCUT2D eigenvalue weighted by atomic mass is 9.92. The van der Waals surface area contributed by atoms with E-state index in [1.54, 1.807) is 7.05 Å². The SMILES string of the molecule is C=CCNC(=NC)NCCCN1CC(C)CC(C)C1.I. The van der Waals surface area contributed by atoms with Crippen molar-refractivity contribution < 1.29 is 0 Å². The maximum Gasteiger partial charge on any atom is 0.191 e. The van der Waals surface area contributed by atoms with Crippen molar-refractivity contribution in [3.05, 3.63) is 12.7 Å². The first-order valence-electron chi connectivity index (χ1n) is 7.43. The van der Waals surface area contributed by atoms with Crippen molar-refractivity contribution in [1.82, 2.24) is 15.5 Å². The summed E-state index contributed by atoms with van der Waals surface area (Å²) in [5.74, 6) is 2.55. The Morgan fingerprint density at radius 3 is 2.50 bits per heavy atom. The Morgan fingerprint density at radius 1 is 1.30 bits per heavy atom. The third kappa shape index (κ3) is 8.09. The number of piperidine rings is 1. The van der Waals surface area contributed by atoms with E-state index < -0.39 is 0 Å². The number of nitrogens with one attached hydrogen (secondary N) is 2. The third-order valence-electron chi connectivity index (χ3n) is 3.53. The van der Waals surface area contributed by atoms with Crippen LogP contribution in [0.5, 0.6) is 0 Å². The molecular weight excluding hydrogens is 363 g/mol. The molecular formula is C15H31IN4. The normalized spacial score (nSPS) is 23.9. The molecule has 2 unspecified atom stereocenters. The van der Waals surface area contributed by atoms with Crippen LogP contribution in [0.2, 0.25) is 0 Å². The minimum absolute atomic E-state index is 0. The molecule has 1 saturated heterocycles. The average molecular weight is 394 g/mol. The highest BCUT2D eigenvalue weighted by atomic mass is 127. The fourth-order valence-electron chi connectivity index (χ4n) is 2.87. The van der Waals surface area contributed by atoms with Gasteiger partial charge in [0.05, 0.1) is 0 Å². The van der Waals surface area contributed by atoms with Gasteiger partial charge in [0.15, 0.2) is 5.96 Å². The van der Waals surface area contributed by atoms with Crippen molar-refractivity contribution in [1.29, 1.82) is 0 Å². The van der Waals surface area contributed by atoms with E-state index >= 15 is 0 Å². The van der Waals surface area contributed by atoms with E-state index in [1.165, 1.54) is 26.1 Å². The Balaban J connectivity index is 0.00000361. The lowest BCUT2D eigenvalue weighted by Crippen LogP contribution is -2.41. The Bertz CT molecular complexity index is 284. The minimum atomic E-state index is 0. The highest BCUT2D eigenvalue weighted by Gasteiger charge is 2.20. The molecule has 0 radical (unpaired) electrons. The van der Waals surface area contributed by atoms with Crippen molar-refractivity contribution in [2.24, 2.45) is 16.8 Å². The quantitative estimate of drug-likeness (QED) is 0.239. The second-order valence-corrected chi connectivity index (χ2v) is 5.73. The fraction of sp³-hybridized carbons (Fsp3) is 0.800. The van der Waals surface area contributed by atoms with Gasteiger partial charge in [-0.1, -0.05) is 19.9 Å². The summed E-state index contributed by atoms with van der Waals surface area (Å²) in [6.45, 7) is 13.8. The molecule has 0 aromatic rings. The van der Waals surface area contributed by atoms with Crippen molar-refractivity contribution in [2.75, 3.05) is 39.8 Å². The van der Waals surface area contributed by atoms with Crippen molar-refractivity contribution >= 4 is 29.9 Å². The van der Waals surface area contributed by atoms with Gasteiger partial charge in [-0.3, -0.25) is 4.99 Å². The van der Waals surface area contributed by atoms with Crippen LogP contribution in [0.4, 0.5) is 0 Å². The zero-order valence-corrected chi connectivity index (χ0v) is 15.5. The largest absolute Gasteiger partial charge is 0.356 e. The maximum atomic E-state index is 4.17. The van der Waals surface area contributed by atoms with Crippen LogP contribution in [0.25, 0.3) is 0 Å². The number of nitrogens with zero attached hydrogens (tertiary/aromatic N) is 2. The van der Waals surface area contributed by atoms with Crippen LogP contribution in [0.1, 0.15) is 26.7 Å². The predicted octanol–water partition coefficient (Wildman–Crippen LogP) is 2.32. The van der Waals surface area contributed by atoms with Gasteiger partial charge in [-0.25, -0.2) is 0 Å². The highest BCUT2D eigenvalue weighted by molar-refractivity contribution is 14.0. The molecule has 5 heteroatoms. The monoisotopic (exact) mass is 394 g/mol. The van der Waals surface area contributed by atoms with Crippen LogP contribution in [0.3, 0.4) is 0 Å². The number of hydrogen-bond acceptors (Lipinski definition) is 2. The van der Waals surface area contributed by atoms with Gasteiger partial charge in [0, 0.05) is 33.2 Å². The molecule has 20 heavy (non-hydrogen) atoms. The standard InChI is InChI=1S/C15H30N4.HI/c1-5-7-17-15(16-4)18-8-6-9-19-11-13(2)10-14(3)12-19;/h5,13-14H,1,6-12H2,2-4H3,(H2,16,17,18);1H. The summed E-state index contributed by atoms with van der Waals surface area (Å²) in [4.78, 5) is 6.76. The van der Waals surface area contributed by atoms with Gasteiger partial charge in [-0.15, -0.1) is 30.6 Å². The van der Waals surface area contributed by atoms with E-state index in [-0.39, 0.29) is 24.0 Å². The number of rotatable bonds is 6. The molecule has 0 aliphatic carbocycles. The predicted molar refractivity (Wildman–Crippen MR) is 99.0 cm³/mol. The summed E-state index contributed by atoms with van der Waals surface area (Å²) >= 11 is 0. The smallest absolute Gasteiger partial charge is 0.191 e. The highest BCUT2D eigenvalue weighted by Crippen LogP contribution is 2.20. The molecule has 2 atom stereocenters. The van der Waals surface area contributed by atoms with Gasteiger partial charge in [-0.05, 0) is 31.2 Å². The fourth-order valence-corrected chi connectivity index (χ4v) is 2.87. The molecule has 118 valence electrons. The molecule has 0 aromatic carbocycles. The first kappa shape index (κ1) is 19.7. The van der Waals surface area contributed by atoms with Crippen molar-refractivity contribution in [2.45, 2.75) is 26.7 Å². The Labute approximate surface area is 141 Å². The molecule has 1 fully saturated rings. The van der Waals surface area contributed by atoms with Crippen LogP contribution < -0.4 is 10.6 Å². The second-order valence-electron chi connectivity index (χ2n) is 5.73. The molecule has 0 aromatic heterocycles. The molecule has 1 aliphatic rings. The van der Waals surface area contributed by atoms with Gasteiger partial charge in [0.2, 0.25) is 0 Å². The first-order chi connectivity index (χ1) is 9.15. The number of hydrogen-bond donors (Lipinski definition) is 2. The average Bonchev–Trinajstić information content (AvgIpc) is 2.37. The Hall–Kier alpha value is -0.300. The summed E-state index contributed by atoms with van der Waals surface area (Å²) in [7, 11) is 1.80. The van der Waals surface area contributed by atoms with Crippen LogP contribution in [-0.2, 0) is 0 Å². The molecule has 0 bridgehead atoms. The van der Waals surface area contributed by atoms with Gasteiger partial charge >= 0.3 is 0 Å². The topological polar surface area (TPSA) is 39.7 Å². The zero-order chi connectivity index (χ0) is 14.1. The molecule has 1 rings (SSSR count). The summed E-state index contributed by atoms with van der Waals surface area (Å²) in [6.07, 6.45) is 4.38. The summed E-state index contributed by atoms with van der Waals surface area (Å²) in [6, 6.07) is 0. The van der Waals surface area contributed by atoms with E-state index in [0.29, 0.717) is 0 Å². The Kier molecular flexibility index (Phi) is 11.2. The van der Waals surface area contributed by atoms with Crippen molar-refractivity contribution in [3.63, 3.8) is 0 Å². The zero-order valence-electron chi connectivity index (χ0n) is 13.2. The third-order valence-corrected chi connectivity index (χ3v) is 3.53. The van der Waals surface area contributed by atoms with Crippen LogP contribution in [0, 0.1) is 11.8 Å².